The summed E-state index contributed by atoms with van der Waals surface area (Å²) in [5, 5.41) is 14.2. The average molecular weight is 383 g/mol. The van der Waals surface area contributed by atoms with E-state index in [0.29, 0.717) is 11.5 Å². The standard InChI is InChI=1S/C21H30N6O/c1-3-4-5-12-22-20-11-10-19(24-25-20)21(28)23-17-6-8-18(9-7-17)27-15-13-26(2)14-16-27/h6-11H,3-5,12-16H2,1-2H3,(H,22,25)(H,23,28). The molecule has 0 bridgehead atoms. The minimum absolute atomic E-state index is 0.252. The molecule has 7 heteroatoms. The van der Waals surface area contributed by atoms with E-state index in [2.05, 4.69) is 56.7 Å². The fourth-order valence-electron chi connectivity index (χ4n) is 3.15. The van der Waals surface area contributed by atoms with Gasteiger partial charge in [-0.2, -0.15) is 0 Å². The van der Waals surface area contributed by atoms with Gasteiger partial charge in [0, 0.05) is 44.1 Å². The molecule has 1 aromatic heterocycles. The predicted molar refractivity (Wildman–Crippen MR) is 114 cm³/mol. The normalized spacial score (nSPS) is 14.7. The lowest BCUT2D eigenvalue weighted by Gasteiger charge is -2.34. The summed E-state index contributed by atoms with van der Waals surface area (Å²) in [7, 11) is 2.15. The molecule has 1 aliphatic rings. The van der Waals surface area contributed by atoms with Crippen LogP contribution in [0.15, 0.2) is 36.4 Å². The number of piperazine rings is 1. The molecule has 2 aromatic rings. The number of benzene rings is 1. The molecular formula is C21H30N6O. The van der Waals surface area contributed by atoms with Crippen LogP contribution in [0.1, 0.15) is 36.7 Å². The molecule has 1 fully saturated rings. The third-order valence-corrected chi connectivity index (χ3v) is 4.98. The minimum atomic E-state index is -0.252. The van der Waals surface area contributed by atoms with Crippen LogP contribution in [0.5, 0.6) is 0 Å². The molecule has 0 unspecified atom stereocenters. The summed E-state index contributed by atoms with van der Waals surface area (Å²) in [5.41, 5.74) is 2.25. The molecule has 0 saturated carbocycles. The molecule has 0 radical (unpaired) electrons. The Kier molecular flexibility index (Phi) is 7.19. The van der Waals surface area contributed by atoms with Crippen molar-refractivity contribution >= 4 is 23.1 Å². The van der Waals surface area contributed by atoms with Crippen LogP contribution in [0.2, 0.25) is 0 Å². The molecule has 28 heavy (non-hydrogen) atoms. The Bertz CT molecular complexity index is 738. The van der Waals surface area contributed by atoms with Crippen molar-refractivity contribution in [2.24, 2.45) is 0 Å². The van der Waals surface area contributed by atoms with E-state index in [1.807, 2.05) is 12.1 Å². The molecule has 7 nitrogen and oxygen atoms in total. The second kappa shape index (κ2) is 10.0. The maximum atomic E-state index is 12.4. The molecule has 1 amide bonds. The predicted octanol–water partition coefficient (Wildman–Crippen LogP) is 3.08. The molecule has 2 N–H and O–H groups in total. The second-order valence-electron chi connectivity index (χ2n) is 7.23. The molecule has 2 heterocycles. The van der Waals surface area contributed by atoms with Crippen molar-refractivity contribution in [1.82, 2.24) is 15.1 Å². The number of carbonyl (C=O) groups excluding carboxylic acids is 1. The summed E-state index contributed by atoms with van der Waals surface area (Å²) >= 11 is 0. The number of unbranched alkanes of at least 4 members (excludes halogenated alkanes) is 2. The molecule has 3 rings (SSSR count). The van der Waals surface area contributed by atoms with E-state index in [9.17, 15) is 4.79 Å². The quantitative estimate of drug-likeness (QED) is 0.684. The Morgan fingerprint density at radius 1 is 1.00 bits per heavy atom. The summed E-state index contributed by atoms with van der Waals surface area (Å²) in [6.07, 6.45) is 3.47. The van der Waals surface area contributed by atoms with Crippen molar-refractivity contribution in [3.8, 4) is 0 Å². The van der Waals surface area contributed by atoms with Gasteiger partial charge in [-0.1, -0.05) is 19.8 Å². The van der Waals surface area contributed by atoms with E-state index in [1.54, 1.807) is 12.1 Å². The number of rotatable bonds is 8. The number of aromatic nitrogens is 2. The van der Waals surface area contributed by atoms with Crippen molar-refractivity contribution in [3.05, 3.63) is 42.1 Å². The van der Waals surface area contributed by atoms with Crippen LogP contribution in [0, 0.1) is 0 Å². The summed E-state index contributed by atoms with van der Waals surface area (Å²) in [4.78, 5) is 17.1. The Balaban J connectivity index is 1.51. The lowest BCUT2D eigenvalue weighted by molar-refractivity contribution is 0.102. The van der Waals surface area contributed by atoms with Gasteiger partial charge in [0.25, 0.3) is 5.91 Å². The van der Waals surface area contributed by atoms with Gasteiger partial charge in [0.2, 0.25) is 0 Å². The molecule has 1 saturated heterocycles. The lowest BCUT2D eigenvalue weighted by atomic mass is 10.2. The highest BCUT2D eigenvalue weighted by atomic mass is 16.1. The summed E-state index contributed by atoms with van der Waals surface area (Å²) in [6, 6.07) is 11.5. The summed E-state index contributed by atoms with van der Waals surface area (Å²) in [6.45, 7) is 7.23. The molecule has 0 atom stereocenters. The van der Waals surface area contributed by atoms with Crippen LogP contribution in [0.4, 0.5) is 17.2 Å². The van der Waals surface area contributed by atoms with E-state index in [1.165, 1.54) is 18.5 Å². The molecule has 1 aliphatic heterocycles. The maximum Gasteiger partial charge on any atom is 0.276 e. The van der Waals surface area contributed by atoms with E-state index >= 15 is 0 Å². The SMILES string of the molecule is CCCCCNc1ccc(C(=O)Nc2ccc(N3CCN(C)CC3)cc2)nn1. The summed E-state index contributed by atoms with van der Waals surface area (Å²) in [5.74, 6) is 0.446. The second-order valence-corrected chi connectivity index (χ2v) is 7.23. The Morgan fingerprint density at radius 2 is 1.75 bits per heavy atom. The third kappa shape index (κ3) is 5.66. The zero-order valence-electron chi connectivity index (χ0n) is 16.8. The molecule has 1 aromatic carbocycles. The highest BCUT2D eigenvalue weighted by molar-refractivity contribution is 6.02. The van der Waals surface area contributed by atoms with Crippen LogP contribution in [0.3, 0.4) is 0 Å². The highest BCUT2D eigenvalue weighted by Crippen LogP contribution is 2.19. The number of hydrogen-bond acceptors (Lipinski definition) is 6. The third-order valence-electron chi connectivity index (χ3n) is 4.98. The fourth-order valence-corrected chi connectivity index (χ4v) is 3.15. The average Bonchev–Trinajstić information content (AvgIpc) is 2.73. The molecular weight excluding hydrogens is 352 g/mol. The minimum Gasteiger partial charge on any atom is -0.369 e. The largest absolute Gasteiger partial charge is 0.369 e. The number of nitrogens with zero attached hydrogens (tertiary/aromatic N) is 4. The van der Waals surface area contributed by atoms with Crippen LogP contribution in [-0.4, -0.2) is 60.8 Å². The van der Waals surface area contributed by atoms with Crippen molar-refractivity contribution in [3.63, 3.8) is 0 Å². The molecule has 0 spiro atoms. The Labute approximate surface area is 167 Å². The number of likely N-dealkylation sites (N-methyl/N-ethyl adjacent to an activating group) is 1. The number of carbonyl (C=O) groups is 1. The van der Waals surface area contributed by atoms with Gasteiger partial charge in [0.05, 0.1) is 0 Å². The van der Waals surface area contributed by atoms with E-state index < -0.39 is 0 Å². The zero-order chi connectivity index (χ0) is 19.8. The highest BCUT2D eigenvalue weighted by Gasteiger charge is 2.14. The van der Waals surface area contributed by atoms with Crippen LogP contribution in [-0.2, 0) is 0 Å². The molecule has 0 aliphatic carbocycles. The first-order valence-electron chi connectivity index (χ1n) is 10.1. The smallest absolute Gasteiger partial charge is 0.276 e. The van der Waals surface area contributed by atoms with E-state index in [-0.39, 0.29) is 5.91 Å². The van der Waals surface area contributed by atoms with Crippen molar-refractivity contribution in [1.29, 1.82) is 0 Å². The first-order chi connectivity index (χ1) is 13.7. The van der Waals surface area contributed by atoms with Crippen molar-refractivity contribution < 1.29 is 4.79 Å². The van der Waals surface area contributed by atoms with Crippen LogP contribution >= 0.6 is 0 Å². The monoisotopic (exact) mass is 382 g/mol. The van der Waals surface area contributed by atoms with Crippen molar-refractivity contribution in [2.75, 3.05) is 55.3 Å². The van der Waals surface area contributed by atoms with Crippen molar-refractivity contribution in [2.45, 2.75) is 26.2 Å². The van der Waals surface area contributed by atoms with Crippen LogP contribution in [0.25, 0.3) is 0 Å². The number of nitrogens with one attached hydrogen (secondary N) is 2. The van der Waals surface area contributed by atoms with Gasteiger partial charge in [-0.15, -0.1) is 10.2 Å². The van der Waals surface area contributed by atoms with Gasteiger partial charge in [0.15, 0.2) is 5.69 Å². The van der Waals surface area contributed by atoms with Gasteiger partial charge in [0.1, 0.15) is 5.82 Å². The number of amides is 1. The Morgan fingerprint density at radius 3 is 2.39 bits per heavy atom. The van der Waals surface area contributed by atoms with Gasteiger partial charge < -0.3 is 20.4 Å². The van der Waals surface area contributed by atoms with Crippen LogP contribution < -0.4 is 15.5 Å². The van der Waals surface area contributed by atoms with Gasteiger partial charge in [-0.3, -0.25) is 4.79 Å². The van der Waals surface area contributed by atoms with E-state index in [4.69, 9.17) is 0 Å². The van der Waals surface area contributed by atoms with Gasteiger partial charge in [-0.05, 0) is 49.9 Å². The molecule has 150 valence electrons. The van der Waals surface area contributed by atoms with E-state index in [0.717, 1.165) is 44.8 Å². The first kappa shape index (κ1) is 20.1. The number of anilines is 3. The summed E-state index contributed by atoms with van der Waals surface area (Å²) < 4.78 is 0. The maximum absolute atomic E-state index is 12.4. The first-order valence-corrected chi connectivity index (χ1v) is 10.1. The van der Waals surface area contributed by atoms with Gasteiger partial charge >= 0.3 is 0 Å². The Hall–Kier alpha value is -2.67. The fraction of sp³-hybridized carbons (Fsp3) is 0.476. The number of hydrogen-bond donors (Lipinski definition) is 2. The van der Waals surface area contributed by atoms with Gasteiger partial charge in [-0.25, -0.2) is 0 Å². The zero-order valence-corrected chi connectivity index (χ0v) is 16.8. The topological polar surface area (TPSA) is 73.4 Å². The lowest BCUT2D eigenvalue weighted by Crippen LogP contribution is -2.44.